The van der Waals surface area contributed by atoms with Gasteiger partial charge in [-0.1, -0.05) is 48.5 Å². The van der Waals surface area contributed by atoms with Crippen LogP contribution in [0.4, 0.5) is 5.69 Å². The highest BCUT2D eigenvalue weighted by molar-refractivity contribution is 6.23. The molecule has 4 unspecified atom stereocenters. The second-order valence-corrected chi connectivity index (χ2v) is 6.54. The van der Waals surface area contributed by atoms with Crippen LogP contribution in [-0.4, -0.2) is 30.5 Å². The fraction of sp³-hybridized carbons (Fsp3) is 0.286. The van der Waals surface area contributed by atoms with Crippen LogP contribution >= 0.6 is 0 Å². The number of rotatable bonds is 4. The van der Waals surface area contributed by atoms with Crippen LogP contribution in [-0.2, 0) is 23.9 Å². The molecule has 2 heterocycles. The van der Waals surface area contributed by atoms with E-state index in [0.29, 0.717) is 5.69 Å². The monoisotopic (exact) mass is 365 g/mol. The molecule has 0 aliphatic carbocycles. The van der Waals surface area contributed by atoms with Gasteiger partial charge in [-0.25, -0.2) is 9.69 Å². The van der Waals surface area contributed by atoms with Crippen molar-refractivity contribution in [3.63, 3.8) is 0 Å². The molecule has 138 valence electrons. The maximum absolute atomic E-state index is 13.2. The van der Waals surface area contributed by atoms with Crippen LogP contribution in [0.15, 0.2) is 60.7 Å². The number of amides is 2. The topological polar surface area (TPSA) is 72.9 Å². The van der Waals surface area contributed by atoms with Gasteiger partial charge in [0, 0.05) is 0 Å². The third-order valence-corrected chi connectivity index (χ3v) is 5.00. The molecule has 2 aromatic rings. The predicted molar refractivity (Wildman–Crippen MR) is 96.6 cm³/mol. The molecular formula is C21H19NO5. The molecule has 0 bridgehead atoms. The van der Waals surface area contributed by atoms with Gasteiger partial charge in [-0.05, 0) is 24.6 Å². The van der Waals surface area contributed by atoms with Crippen LogP contribution in [0.25, 0.3) is 0 Å². The number of anilines is 1. The lowest BCUT2D eigenvalue weighted by Gasteiger charge is -2.21. The van der Waals surface area contributed by atoms with E-state index >= 15 is 0 Å². The van der Waals surface area contributed by atoms with E-state index in [1.165, 1.54) is 4.90 Å². The molecule has 2 amide bonds. The number of hydrogen-bond donors (Lipinski definition) is 0. The van der Waals surface area contributed by atoms with E-state index in [9.17, 15) is 14.4 Å². The summed E-state index contributed by atoms with van der Waals surface area (Å²) in [6.45, 7) is 1.87. The number of carbonyl (C=O) groups is 3. The Labute approximate surface area is 156 Å². The molecule has 2 fully saturated rings. The van der Waals surface area contributed by atoms with Crippen LogP contribution in [0.3, 0.4) is 0 Å². The first-order valence-electron chi connectivity index (χ1n) is 8.93. The van der Waals surface area contributed by atoms with E-state index in [2.05, 4.69) is 0 Å². The van der Waals surface area contributed by atoms with Gasteiger partial charge in [0.15, 0.2) is 6.10 Å². The average molecular weight is 365 g/mol. The Hall–Kier alpha value is -2.99. The first kappa shape index (κ1) is 17.4. The Bertz CT molecular complexity index is 867. The SMILES string of the molecule is CCOC(=O)C1OC(c2ccccc2)C2C(=O)N(c3ccccc3)C(=O)C12. The number of carbonyl (C=O) groups excluding carboxylic acids is 3. The maximum atomic E-state index is 13.2. The van der Waals surface area contributed by atoms with E-state index in [1.54, 1.807) is 31.2 Å². The third-order valence-electron chi connectivity index (χ3n) is 5.00. The van der Waals surface area contributed by atoms with Crippen molar-refractivity contribution in [1.29, 1.82) is 0 Å². The Morgan fingerprint density at radius 3 is 2.19 bits per heavy atom. The minimum absolute atomic E-state index is 0.177. The van der Waals surface area contributed by atoms with E-state index in [-0.39, 0.29) is 12.5 Å². The lowest BCUT2D eigenvalue weighted by molar-refractivity contribution is -0.159. The molecule has 0 radical (unpaired) electrons. The van der Waals surface area contributed by atoms with Crippen molar-refractivity contribution in [3.8, 4) is 0 Å². The molecule has 2 aliphatic rings. The third kappa shape index (κ3) is 2.82. The van der Waals surface area contributed by atoms with Gasteiger partial charge >= 0.3 is 5.97 Å². The van der Waals surface area contributed by atoms with Gasteiger partial charge in [0.2, 0.25) is 11.8 Å². The van der Waals surface area contributed by atoms with Gasteiger partial charge in [0.25, 0.3) is 0 Å². The second-order valence-electron chi connectivity index (χ2n) is 6.54. The highest BCUT2D eigenvalue weighted by atomic mass is 16.6. The molecule has 4 rings (SSSR count). The number of nitrogens with zero attached hydrogens (tertiary/aromatic N) is 1. The standard InChI is InChI=1S/C21H19NO5/c1-2-26-21(25)18-16-15(17(27-18)13-9-5-3-6-10-13)19(23)22(20(16)24)14-11-7-4-8-12-14/h3-12,15-18H,2H2,1H3. The van der Waals surface area contributed by atoms with Crippen molar-refractivity contribution in [2.45, 2.75) is 19.1 Å². The molecule has 0 saturated carbocycles. The van der Waals surface area contributed by atoms with Crippen LogP contribution in [0, 0.1) is 11.8 Å². The van der Waals surface area contributed by atoms with Crippen molar-refractivity contribution < 1.29 is 23.9 Å². The molecule has 0 spiro atoms. The Morgan fingerprint density at radius 2 is 1.56 bits per heavy atom. The zero-order chi connectivity index (χ0) is 19.0. The van der Waals surface area contributed by atoms with E-state index in [0.717, 1.165) is 5.56 Å². The lowest BCUT2D eigenvalue weighted by atomic mass is 9.86. The highest BCUT2D eigenvalue weighted by Crippen LogP contribution is 2.49. The predicted octanol–water partition coefficient (Wildman–Crippen LogP) is 2.50. The van der Waals surface area contributed by atoms with Crippen molar-refractivity contribution in [2.24, 2.45) is 11.8 Å². The van der Waals surface area contributed by atoms with Gasteiger partial charge in [0.05, 0.1) is 30.2 Å². The number of para-hydroxylation sites is 1. The Morgan fingerprint density at radius 1 is 0.963 bits per heavy atom. The molecule has 2 saturated heterocycles. The largest absolute Gasteiger partial charge is 0.464 e. The van der Waals surface area contributed by atoms with Gasteiger partial charge in [-0.15, -0.1) is 0 Å². The van der Waals surface area contributed by atoms with Crippen molar-refractivity contribution in [1.82, 2.24) is 0 Å². The van der Waals surface area contributed by atoms with Crippen LogP contribution in [0.5, 0.6) is 0 Å². The number of hydrogen-bond acceptors (Lipinski definition) is 5. The van der Waals surface area contributed by atoms with Crippen molar-refractivity contribution >= 4 is 23.5 Å². The van der Waals surface area contributed by atoms with E-state index in [4.69, 9.17) is 9.47 Å². The van der Waals surface area contributed by atoms with E-state index < -0.39 is 35.9 Å². The molecule has 6 nitrogen and oxygen atoms in total. The summed E-state index contributed by atoms with van der Waals surface area (Å²) in [6, 6.07) is 17.9. The molecule has 6 heteroatoms. The lowest BCUT2D eigenvalue weighted by Crippen LogP contribution is -2.38. The first-order valence-corrected chi connectivity index (χ1v) is 8.93. The molecule has 4 atom stereocenters. The fourth-order valence-electron chi connectivity index (χ4n) is 3.86. The summed E-state index contributed by atoms with van der Waals surface area (Å²) in [6.07, 6.45) is -1.76. The molecule has 0 aromatic heterocycles. The average Bonchev–Trinajstić information content (AvgIpc) is 3.21. The summed E-state index contributed by atoms with van der Waals surface area (Å²) in [5.41, 5.74) is 1.26. The summed E-state index contributed by atoms with van der Waals surface area (Å²) in [5, 5.41) is 0. The molecule has 27 heavy (non-hydrogen) atoms. The minimum atomic E-state index is -1.09. The van der Waals surface area contributed by atoms with Gasteiger partial charge < -0.3 is 9.47 Å². The van der Waals surface area contributed by atoms with E-state index in [1.807, 2.05) is 36.4 Å². The summed E-state index contributed by atoms with van der Waals surface area (Å²) in [4.78, 5) is 39.9. The summed E-state index contributed by atoms with van der Waals surface area (Å²) in [5.74, 6) is -3.02. The summed E-state index contributed by atoms with van der Waals surface area (Å²) < 4.78 is 11.0. The number of fused-ring (bicyclic) bond motifs is 1. The zero-order valence-electron chi connectivity index (χ0n) is 14.8. The van der Waals surface area contributed by atoms with Gasteiger partial charge in [0.1, 0.15) is 0 Å². The number of esters is 1. The molecule has 2 aromatic carbocycles. The van der Waals surface area contributed by atoms with Crippen molar-refractivity contribution in [2.75, 3.05) is 11.5 Å². The highest BCUT2D eigenvalue weighted by Gasteiger charge is 2.62. The maximum Gasteiger partial charge on any atom is 0.336 e. The first-order chi connectivity index (χ1) is 13.1. The second kappa shape index (κ2) is 6.96. The quantitative estimate of drug-likeness (QED) is 0.615. The fourth-order valence-corrected chi connectivity index (χ4v) is 3.86. The van der Waals surface area contributed by atoms with Crippen molar-refractivity contribution in [3.05, 3.63) is 66.2 Å². The van der Waals surface area contributed by atoms with Crippen LogP contribution in [0.1, 0.15) is 18.6 Å². The van der Waals surface area contributed by atoms with Crippen LogP contribution < -0.4 is 4.90 Å². The zero-order valence-corrected chi connectivity index (χ0v) is 14.8. The number of imide groups is 1. The normalized spacial score (nSPS) is 26.9. The smallest absolute Gasteiger partial charge is 0.336 e. The number of benzene rings is 2. The van der Waals surface area contributed by atoms with Gasteiger partial charge in [-0.2, -0.15) is 0 Å². The molecule has 0 N–H and O–H groups in total. The summed E-state index contributed by atoms with van der Waals surface area (Å²) in [7, 11) is 0. The van der Waals surface area contributed by atoms with Crippen LogP contribution in [0.2, 0.25) is 0 Å². The Balaban J connectivity index is 1.76. The minimum Gasteiger partial charge on any atom is -0.464 e. The number of ether oxygens (including phenoxy) is 2. The molecule has 2 aliphatic heterocycles. The summed E-state index contributed by atoms with van der Waals surface area (Å²) >= 11 is 0. The molecular weight excluding hydrogens is 346 g/mol. The Kier molecular flexibility index (Phi) is 4.49. The van der Waals surface area contributed by atoms with Gasteiger partial charge in [-0.3, -0.25) is 9.59 Å².